The van der Waals surface area contributed by atoms with E-state index in [2.05, 4.69) is 12.2 Å². The second-order valence-corrected chi connectivity index (χ2v) is 11.8. The second kappa shape index (κ2) is 10.1. The van der Waals surface area contributed by atoms with Crippen LogP contribution in [0.4, 0.5) is 5.69 Å². The maximum absolute atomic E-state index is 13.5. The highest BCUT2D eigenvalue weighted by atomic mass is 32.2. The van der Waals surface area contributed by atoms with Crippen LogP contribution in [0, 0.1) is 26.7 Å². The molecule has 0 bridgehead atoms. The minimum atomic E-state index is -3.70. The lowest BCUT2D eigenvalue weighted by atomic mass is 10.0. The van der Waals surface area contributed by atoms with Crippen molar-refractivity contribution in [1.29, 1.82) is 0 Å². The first-order valence-corrected chi connectivity index (χ1v) is 13.8. The van der Waals surface area contributed by atoms with Gasteiger partial charge in [0.15, 0.2) is 0 Å². The van der Waals surface area contributed by atoms with Crippen molar-refractivity contribution in [2.24, 2.45) is 5.92 Å². The quantitative estimate of drug-likeness (QED) is 0.658. The molecule has 4 rings (SSSR count). The Kier molecular flexibility index (Phi) is 7.33. The summed E-state index contributed by atoms with van der Waals surface area (Å²) in [6.07, 6.45) is 3.69. The van der Waals surface area contributed by atoms with Gasteiger partial charge in [0.05, 0.1) is 4.90 Å². The van der Waals surface area contributed by atoms with Crippen LogP contribution in [-0.4, -0.2) is 55.6 Å². The lowest BCUT2D eigenvalue weighted by molar-refractivity contribution is 0.0791. The summed E-state index contributed by atoms with van der Waals surface area (Å²) in [7, 11) is -3.70. The molecular formula is C27H35N3O4S. The van der Waals surface area contributed by atoms with Crippen LogP contribution in [0.15, 0.2) is 35.2 Å². The number of nitrogens with zero attached hydrogens (tertiary/aromatic N) is 2. The van der Waals surface area contributed by atoms with Crippen molar-refractivity contribution in [1.82, 2.24) is 9.21 Å². The zero-order valence-electron chi connectivity index (χ0n) is 21.1. The van der Waals surface area contributed by atoms with Gasteiger partial charge in [-0.1, -0.05) is 13.0 Å². The number of amides is 2. The van der Waals surface area contributed by atoms with E-state index >= 15 is 0 Å². The van der Waals surface area contributed by atoms with E-state index in [1.807, 2.05) is 18.7 Å². The Morgan fingerprint density at radius 1 is 0.943 bits per heavy atom. The molecule has 2 heterocycles. The predicted molar refractivity (Wildman–Crippen MR) is 137 cm³/mol. The Bertz CT molecular complexity index is 1240. The molecule has 2 saturated heterocycles. The first kappa shape index (κ1) is 25.4. The molecule has 2 amide bonds. The van der Waals surface area contributed by atoms with Crippen molar-refractivity contribution in [3.63, 3.8) is 0 Å². The average molecular weight is 498 g/mol. The molecule has 0 radical (unpaired) electrons. The number of hydrogen-bond donors (Lipinski definition) is 1. The van der Waals surface area contributed by atoms with E-state index < -0.39 is 15.9 Å². The summed E-state index contributed by atoms with van der Waals surface area (Å²) in [4.78, 5) is 28.2. The van der Waals surface area contributed by atoms with Gasteiger partial charge in [-0.3, -0.25) is 9.59 Å². The number of carbonyl (C=O) groups excluding carboxylic acids is 2. The van der Waals surface area contributed by atoms with Gasteiger partial charge >= 0.3 is 0 Å². The third kappa shape index (κ3) is 5.14. The zero-order valence-corrected chi connectivity index (χ0v) is 21.9. The normalized spacial score (nSPS) is 17.5. The van der Waals surface area contributed by atoms with Crippen LogP contribution >= 0.6 is 0 Å². The summed E-state index contributed by atoms with van der Waals surface area (Å²) in [5.74, 6) is 0.0925. The van der Waals surface area contributed by atoms with Crippen LogP contribution in [0.2, 0.25) is 0 Å². The van der Waals surface area contributed by atoms with Crippen LogP contribution in [0.5, 0.6) is 0 Å². The van der Waals surface area contributed by atoms with Gasteiger partial charge in [-0.25, -0.2) is 8.42 Å². The highest BCUT2D eigenvalue weighted by molar-refractivity contribution is 7.89. The Hall–Kier alpha value is -2.71. The van der Waals surface area contributed by atoms with E-state index in [0.717, 1.165) is 44.3 Å². The molecule has 1 N–H and O–H groups in total. The standard InChI is InChI=1S/C27H35N3O4S/c1-18-10-14-30(15-11-18)35(33,34)25-17-22(16-19(2)20(25)3)26(31)28-24-9-7-8-23(21(24)4)27(32)29-12-5-6-13-29/h7-9,16-18H,5-6,10-15H2,1-4H3,(H,28,31). The molecule has 0 atom stereocenters. The van der Waals surface area contributed by atoms with Crippen molar-refractivity contribution in [3.8, 4) is 0 Å². The number of anilines is 1. The molecule has 2 aliphatic heterocycles. The topological polar surface area (TPSA) is 86.8 Å². The first-order chi connectivity index (χ1) is 16.6. The summed E-state index contributed by atoms with van der Waals surface area (Å²) >= 11 is 0. The average Bonchev–Trinajstić information content (AvgIpc) is 3.37. The maximum atomic E-state index is 13.5. The largest absolute Gasteiger partial charge is 0.339 e. The van der Waals surface area contributed by atoms with E-state index in [9.17, 15) is 18.0 Å². The summed E-state index contributed by atoms with van der Waals surface area (Å²) in [6, 6.07) is 8.52. The molecule has 2 aliphatic rings. The summed E-state index contributed by atoms with van der Waals surface area (Å²) in [6.45, 7) is 10.1. The number of benzene rings is 2. The smallest absolute Gasteiger partial charge is 0.255 e. The summed E-state index contributed by atoms with van der Waals surface area (Å²) < 4.78 is 28.4. The Labute approximate surface area is 208 Å². The predicted octanol–water partition coefficient (Wildman–Crippen LogP) is 4.52. The van der Waals surface area contributed by atoms with Crippen molar-refractivity contribution in [3.05, 3.63) is 58.1 Å². The highest BCUT2D eigenvalue weighted by Gasteiger charge is 2.30. The van der Waals surface area contributed by atoms with Crippen LogP contribution < -0.4 is 5.32 Å². The monoisotopic (exact) mass is 497 g/mol. The van der Waals surface area contributed by atoms with Crippen molar-refractivity contribution in [2.75, 3.05) is 31.5 Å². The third-order valence-electron chi connectivity index (χ3n) is 7.45. The molecule has 0 spiro atoms. The van der Waals surface area contributed by atoms with Gasteiger partial charge in [0.1, 0.15) is 0 Å². The lowest BCUT2D eigenvalue weighted by Crippen LogP contribution is -2.38. The van der Waals surface area contributed by atoms with Crippen LogP contribution in [0.25, 0.3) is 0 Å². The number of rotatable bonds is 5. The van der Waals surface area contributed by atoms with Gasteiger partial charge in [0.25, 0.3) is 11.8 Å². The molecule has 2 aromatic rings. The van der Waals surface area contributed by atoms with Gasteiger partial charge in [-0.2, -0.15) is 4.31 Å². The Balaban J connectivity index is 1.61. The lowest BCUT2D eigenvalue weighted by Gasteiger charge is -2.30. The van der Waals surface area contributed by atoms with E-state index in [-0.39, 0.29) is 16.4 Å². The second-order valence-electron chi connectivity index (χ2n) is 9.93. The first-order valence-electron chi connectivity index (χ1n) is 12.4. The molecular weight excluding hydrogens is 462 g/mol. The molecule has 2 fully saturated rings. The van der Waals surface area contributed by atoms with Crippen molar-refractivity contribution < 1.29 is 18.0 Å². The fourth-order valence-corrected chi connectivity index (χ4v) is 6.67. The molecule has 0 aromatic heterocycles. The van der Waals surface area contributed by atoms with Crippen LogP contribution in [0.1, 0.15) is 70.0 Å². The number of carbonyl (C=O) groups is 2. The maximum Gasteiger partial charge on any atom is 0.255 e. The number of aryl methyl sites for hydroxylation is 1. The van der Waals surface area contributed by atoms with E-state index in [1.54, 1.807) is 31.2 Å². The Morgan fingerprint density at radius 2 is 1.60 bits per heavy atom. The molecule has 0 unspecified atom stereocenters. The Morgan fingerprint density at radius 3 is 2.26 bits per heavy atom. The molecule has 2 aromatic carbocycles. The highest BCUT2D eigenvalue weighted by Crippen LogP contribution is 2.29. The van der Waals surface area contributed by atoms with Gasteiger partial charge < -0.3 is 10.2 Å². The number of nitrogens with one attached hydrogen (secondary N) is 1. The van der Waals surface area contributed by atoms with Crippen molar-refractivity contribution >= 4 is 27.5 Å². The number of likely N-dealkylation sites (tertiary alicyclic amines) is 1. The fraction of sp³-hybridized carbons (Fsp3) is 0.481. The molecule has 35 heavy (non-hydrogen) atoms. The van der Waals surface area contributed by atoms with Crippen LogP contribution in [0.3, 0.4) is 0 Å². The van der Waals surface area contributed by atoms with Gasteiger partial charge in [-0.05, 0) is 93.3 Å². The van der Waals surface area contributed by atoms with Crippen molar-refractivity contribution in [2.45, 2.75) is 58.3 Å². The number of hydrogen-bond acceptors (Lipinski definition) is 4. The molecule has 8 heteroatoms. The summed E-state index contributed by atoms with van der Waals surface area (Å²) in [5, 5.41) is 2.90. The number of piperidine rings is 1. The van der Waals surface area contributed by atoms with Crippen LogP contribution in [-0.2, 0) is 10.0 Å². The SMILES string of the molecule is Cc1cc(C(=O)Nc2cccc(C(=O)N3CCCC3)c2C)cc(S(=O)(=O)N2CCC(C)CC2)c1C. The molecule has 7 nitrogen and oxygen atoms in total. The fourth-order valence-electron chi connectivity index (χ4n) is 4.88. The summed E-state index contributed by atoms with van der Waals surface area (Å²) in [5.41, 5.74) is 3.52. The van der Waals surface area contributed by atoms with Gasteiger partial charge in [-0.15, -0.1) is 0 Å². The molecule has 0 saturated carbocycles. The van der Waals surface area contributed by atoms with E-state index in [0.29, 0.717) is 41.4 Å². The zero-order chi connectivity index (χ0) is 25.3. The molecule has 188 valence electrons. The third-order valence-corrected chi connectivity index (χ3v) is 9.47. The minimum absolute atomic E-state index is 0.0218. The van der Waals surface area contributed by atoms with E-state index in [1.165, 1.54) is 10.4 Å². The van der Waals surface area contributed by atoms with Gasteiger partial charge in [0, 0.05) is 43.0 Å². The molecule has 0 aliphatic carbocycles. The van der Waals surface area contributed by atoms with Gasteiger partial charge in [0.2, 0.25) is 10.0 Å². The van der Waals surface area contributed by atoms with E-state index in [4.69, 9.17) is 0 Å². The number of sulfonamides is 1. The minimum Gasteiger partial charge on any atom is -0.339 e.